The van der Waals surface area contributed by atoms with Crippen molar-refractivity contribution in [2.45, 2.75) is 0 Å². The fraction of sp³-hybridized carbons (Fsp3) is 0.0833. The fourth-order valence-corrected chi connectivity index (χ4v) is 1.70. The van der Waals surface area contributed by atoms with Crippen LogP contribution < -0.4 is 10.2 Å². The maximum Gasteiger partial charge on any atom is 0.192 e. The molecule has 0 unspecified atom stereocenters. The maximum atomic E-state index is 11.5. The molecule has 0 saturated carbocycles. The SMILES string of the molecule is O=c1ccoc2cc3c(cc12)C=CCO3. The third-order valence-electron chi connectivity index (χ3n) is 2.42. The Balaban J connectivity index is 2.42. The molecule has 3 nitrogen and oxygen atoms in total. The highest BCUT2D eigenvalue weighted by molar-refractivity contribution is 5.82. The number of hydrogen-bond donors (Lipinski definition) is 0. The molecule has 1 aromatic heterocycles. The summed E-state index contributed by atoms with van der Waals surface area (Å²) >= 11 is 0. The molecule has 74 valence electrons. The van der Waals surface area contributed by atoms with Crippen LogP contribution in [0.1, 0.15) is 5.56 Å². The molecule has 0 aliphatic carbocycles. The summed E-state index contributed by atoms with van der Waals surface area (Å²) in [6, 6.07) is 4.98. The Bertz CT molecular complexity index is 608. The van der Waals surface area contributed by atoms with E-state index in [2.05, 4.69) is 0 Å². The lowest BCUT2D eigenvalue weighted by atomic mass is 10.1. The van der Waals surface area contributed by atoms with Gasteiger partial charge >= 0.3 is 0 Å². The van der Waals surface area contributed by atoms with Crippen LogP contribution in [0.4, 0.5) is 0 Å². The zero-order valence-electron chi connectivity index (χ0n) is 7.90. The van der Waals surface area contributed by atoms with Gasteiger partial charge in [0.15, 0.2) is 5.43 Å². The second kappa shape index (κ2) is 2.98. The van der Waals surface area contributed by atoms with E-state index in [-0.39, 0.29) is 5.43 Å². The van der Waals surface area contributed by atoms with Crippen LogP contribution in [0, 0.1) is 0 Å². The number of ether oxygens (including phenoxy) is 1. The van der Waals surface area contributed by atoms with Crippen molar-refractivity contribution in [1.82, 2.24) is 0 Å². The molecule has 15 heavy (non-hydrogen) atoms. The van der Waals surface area contributed by atoms with Crippen molar-refractivity contribution in [3.05, 3.63) is 46.3 Å². The molecule has 3 rings (SSSR count). The van der Waals surface area contributed by atoms with Crippen LogP contribution in [0.2, 0.25) is 0 Å². The third kappa shape index (κ3) is 1.24. The first-order valence-corrected chi connectivity index (χ1v) is 4.69. The van der Waals surface area contributed by atoms with E-state index in [9.17, 15) is 4.79 Å². The molecule has 0 bridgehead atoms. The van der Waals surface area contributed by atoms with Crippen LogP contribution in [0.15, 0.2) is 39.7 Å². The molecule has 0 N–H and O–H groups in total. The molecule has 1 aliphatic rings. The molecular weight excluding hydrogens is 192 g/mol. The molecule has 1 aromatic carbocycles. The van der Waals surface area contributed by atoms with Gasteiger partial charge in [0.1, 0.15) is 17.9 Å². The smallest absolute Gasteiger partial charge is 0.192 e. The Labute approximate surface area is 85.6 Å². The van der Waals surface area contributed by atoms with E-state index in [4.69, 9.17) is 9.15 Å². The van der Waals surface area contributed by atoms with Gasteiger partial charge in [0, 0.05) is 17.7 Å². The average Bonchev–Trinajstić information content (AvgIpc) is 2.27. The van der Waals surface area contributed by atoms with Gasteiger partial charge in [-0.25, -0.2) is 0 Å². The van der Waals surface area contributed by atoms with Gasteiger partial charge in [0.05, 0.1) is 11.6 Å². The largest absolute Gasteiger partial charge is 0.489 e. The molecule has 0 saturated heterocycles. The Hall–Kier alpha value is -2.03. The van der Waals surface area contributed by atoms with Gasteiger partial charge in [0.2, 0.25) is 0 Å². The van der Waals surface area contributed by atoms with Gasteiger partial charge in [-0.05, 0) is 12.1 Å². The van der Waals surface area contributed by atoms with Gasteiger partial charge in [-0.15, -0.1) is 0 Å². The van der Waals surface area contributed by atoms with Crippen LogP contribution in [0.25, 0.3) is 17.0 Å². The van der Waals surface area contributed by atoms with Gasteiger partial charge in [-0.1, -0.05) is 6.08 Å². The maximum absolute atomic E-state index is 11.5. The van der Waals surface area contributed by atoms with Crippen molar-refractivity contribution < 1.29 is 9.15 Å². The van der Waals surface area contributed by atoms with Crippen molar-refractivity contribution in [3.8, 4) is 5.75 Å². The first-order chi connectivity index (χ1) is 7.34. The monoisotopic (exact) mass is 200 g/mol. The third-order valence-corrected chi connectivity index (χ3v) is 2.42. The van der Waals surface area contributed by atoms with Crippen molar-refractivity contribution in [2.75, 3.05) is 6.61 Å². The molecule has 0 spiro atoms. The van der Waals surface area contributed by atoms with E-state index in [0.717, 1.165) is 11.3 Å². The van der Waals surface area contributed by atoms with Gasteiger partial charge in [0.25, 0.3) is 0 Å². The minimum absolute atomic E-state index is 0.0296. The van der Waals surface area contributed by atoms with Gasteiger partial charge < -0.3 is 9.15 Å². The zero-order valence-corrected chi connectivity index (χ0v) is 7.90. The summed E-state index contributed by atoms with van der Waals surface area (Å²) in [5.41, 5.74) is 1.46. The second-order valence-corrected chi connectivity index (χ2v) is 3.38. The first-order valence-electron chi connectivity index (χ1n) is 4.69. The lowest BCUT2D eigenvalue weighted by Gasteiger charge is -2.12. The highest BCUT2D eigenvalue weighted by Gasteiger charge is 2.09. The quantitative estimate of drug-likeness (QED) is 0.654. The van der Waals surface area contributed by atoms with E-state index < -0.39 is 0 Å². The summed E-state index contributed by atoms with van der Waals surface area (Å²) < 4.78 is 10.7. The molecule has 2 aromatic rings. The fourth-order valence-electron chi connectivity index (χ4n) is 1.70. The van der Waals surface area contributed by atoms with Crippen LogP contribution in [-0.2, 0) is 0 Å². The number of fused-ring (bicyclic) bond motifs is 2. The van der Waals surface area contributed by atoms with Crippen molar-refractivity contribution in [1.29, 1.82) is 0 Å². The number of hydrogen-bond acceptors (Lipinski definition) is 3. The van der Waals surface area contributed by atoms with Gasteiger partial charge in [-0.2, -0.15) is 0 Å². The number of benzene rings is 1. The normalized spacial score (nSPS) is 13.6. The Morgan fingerprint density at radius 3 is 3.13 bits per heavy atom. The number of rotatable bonds is 0. The lowest BCUT2D eigenvalue weighted by molar-refractivity contribution is 0.358. The second-order valence-electron chi connectivity index (χ2n) is 3.38. The molecule has 3 heteroatoms. The topological polar surface area (TPSA) is 39.4 Å². The van der Waals surface area contributed by atoms with Crippen molar-refractivity contribution >= 4 is 17.0 Å². The van der Waals surface area contributed by atoms with Crippen LogP contribution in [0.3, 0.4) is 0 Å². The summed E-state index contributed by atoms with van der Waals surface area (Å²) in [6.07, 6.45) is 5.26. The van der Waals surface area contributed by atoms with E-state index in [1.165, 1.54) is 12.3 Å². The van der Waals surface area contributed by atoms with Crippen LogP contribution >= 0.6 is 0 Å². The minimum atomic E-state index is -0.0296. The molecule has 0 radical (unpaired) electrons. The first kappa shape index (κ1) is 8.29. The summed E-state index contributed by atoms with van der Waals surface area (Å²) in [5.74, 6) is 0.763. The summed E-state index contributed by atoms with van der Waals surface area (Å²) in [6.45, 7) is 0.565. The lowest BCUT2D eigenvalue weighted by Crippen LogP contribution is -2.03. The molecule has 0 amide bonds. The van der Waals surface area contributed by atoms with E-state index in [1.54, 1.807) is 12.1 Å². The van der Waals surface area contributed by atoms with Crippen LogP contribution in [-0.4, -0.2) is 6.61 Å². The van der Waals surface area contributed by atoms with E-state index in [1.807, 2.05) is 12.2 Å². The minimum Gasteiger partial charge on any atom is -0.489 e. The summed E-state index contributed by atoms with van der Waals surface area (Å²) in [7, 11) is 0. The average molecular weight is 200 g/mol. The van der Waals surface area contributed by atoms with Gasteiger partial charge in [-0.3, -0.25) is 4.79 Å². The highest BCUT2D eigenvalue weighted by Crippen LogP contribution is 2.27. The predicted octanol–water partition coefficient (Wildman–Crippen LogP) is 2.20. The molecule has 2 heterocycles. The molecule has 1 aliphatic heterocycles. The Kier molecular flexibility index (Phi) is 1.65. The molecule has 0 fully saturated rings. The zero-order chi connectivity index (χ0) is 10.3. The highest BCUT2D eigenvalue weighted by atomic mass is 16.5. The predicted molar refractivity (Wildman–Crippen MR) is 57.0 cm³/mol. The Morgan fingerprint density at radius 2 is 2.20 bits per heavy atom. The standard InChI is InChI=1S/C12H8O3/c13-10-3-5-15-12-7-11-8(6-9(10)12)2-1-4-14-11/h1-3,5-7H,4H2. The summed E-state index contributed by atoms with van der Waals surface area (Å²) in [5, 5.41) is 0.589. The van der Waals surface area contributed by atoms with E-state index in [0.29, 0.717) is 17.6 Å². The van der Waals surface area contributed by atoms with E-state index >= 15 is 0 Å². The van der Waals surface area contributed by atoms with Crippen LogP contribution in [0.5, 0.6) is 5.75 Å². The van der Waals surface area contributed by atoms with Crippen molar-refractivity contribution in [2.24, 2.45) is 0 Å². The summed E-state index contributed by atoms with van der Waals surface area (Å²) in [4.78, 5) is 11.5. The molecule has 0 atom stereocenters. The molecular formula is C12H8O3. The Morgan fingerprint density at radius 1 is 1.27 bits per heavy atom. The van der Waals surface area contributed by atoms with Crippen molar-refractivity contribution in [3.63, 3.8) is 0 Å².